The van der Waals surface area contributed by atoms with E-state index >= 15 is 0 Å². The molecule has 0 spiro atoms. The molecule has 0 saturated heterocycles. The summed E-state index contributed by atoms with van der Waals surface area (Å²) < 4.78 is 25.7. The average Bonchev–Trinajstić information content (AvgIpc) is 3.18. The van der Waals surface area contributed by atoms with Crippen molar-refractivity contribution in [3.63, 3.8) is 0 Å². The number of methoxy groups -OCH3 is 1. The molecule has 300 valence electrons. The van der Waals surface area contributed by atoms with Gasteiger partial charge >= 0.3 is 18.2 Å². The molecule has 3 amide bonds. The number of pyridine rings is 1. The lowest BCUT2D eigenvalue weighted by Gasteiger charge is -2.17. The molecule has 15 nitrogen and oxygen atoms in total. The molecule has 56 heavy (non-hydrogen) atoms. The summed E-state index contributed by atoms with van der Waals surface area (Å²) in [6.45, 7) is 11.0. The van der Waals surface area contributed by atoms with Gasteiger partial charge in [-0.1, -0.05) is 58.6 Å². The minimum Gasteiger partial charge on any atom is -0.496 e. The molecule has 2 aromatic carbocycles. The van der Waals surface area contributed by atoms with Gasteiger partial charge in [-0.25, -0.2) is 19.4 Å². The van der Waals surface area contributed by atoms with Crippen LogP contribution in [0.1, 0.15) is 115 Å². The van der Waals surface area contributed by atoms with E-state index in [9.17, 15) is 24.0 Å². The van der Waals surface area contributed by atoms with E-state index in [1.165, 1.54) is 37.5 Å². The Morgan fingerprint density at radius 2 is 1.57 bits per heavy atom. The number of carbonyl (C=O) groups excluding carboxylic acids is 5. The number of alkyl carbamates (subject to hydrolysis) is 1. The van der Waals surface area contributed by atoms with Crippen LogP contribution in [0.25, 0.3) is 17.2 Å². The van der Waals surface area contributed by atoms with Crippen LogP contribution in [0.4, 0.5) is 15.3 Å². The average molecular weight is 774 g/mol. The number of amidine groups is 1. The van der Waals surface area contributed by atoms with Crippen molar-refractivity contribution in [1.82, 2.24) is 15.6 Å². The van der Waals surface area contributed by atoms with Crippen LogP contribution in [-0.2, 0) is 18.9 Å². The lowest BCUT2D eigenvalue weighted by Crippen LogP contribution is -2.31. The number of hydrogen-bond donors (Lipinski definition) is 4. The van der Waals surface area contributed by atoms with Crippen LogP contribution < -0.4 is 20.7 Å². The van der Waals surface area contributed by atoms with E-state index in [0.29, 0.717) is 29.1 Å². The molecule has 1 aromatic heterocycles. The Bertz CT molecular complexity index is 1860. The van der Waals surface area contributed by atoms with Gasteiger partial charge in [0.05, 0.1) is 19.8 Å². The van der Waals surface area contributed by atoms with Crippen LogP contribution in [0.15, 0.2) is 55.1 Å². The predicted octanol–water partition coefficient (Wildman–Crippen LogP) is 7.88. The normalized spacial score (nSPS) is 10.5. The zero-order chi connectivity index (χ0) is 41.0. The maximum Gasteiger partial charge on any atom is 0.511 e. The maximum atomic E-state index is 14.0. The van der Waals surface area contributed by atoms with Crippen LogP contribution in [0.3, 0.4) is 0 Å². The van der Waals surface area contributed by atoms with E-state index < -0.39 is 42.9 Å². The van der Waals surface area contributed by atoms with Gasteiger partial charge in [-0.05, 0) is 75.2 Å². The van der Waals surface area contributed by atoms with Crippen LogP contribution in [-0.4, -0.2) is 74.0 Å². The van der Waals surface area contributed by atoms with E-state index in [1.54, 1.807) is 38.1 Å². The van der Waals surface area contributed by atoms with Gasteiger partial charge in [0.15, 0.2) is 5.69 Å². The van der Waals surface area contributed by atoms with E-state index in [1.807, 2.05) is 6.92 Å². The van der Waals surface area contributed by atoms with Gasteiger partial charge in [-0.2, -0.15) is 0 Å². The van der Waals surface area contributed by atoms with Crippen molar-refractivity contribution >= 4 is 47.6 Å². The maximum absolute atomic E-state index is 14.0. The summed E-state index contributed by atoms with van der Waals surface area (Å²) in [5.74, 6) is -2.04. The minimum atomic E-state index is -1.05. The third-order valence-corrected chi connectivity index (χ3v) is 8.10. The zero-order valence-electron chi connectivity index (χ0n) is 32.6. The highest BCUT2D eigenvalue weighted by Crippen LogP contribution is 2.34. The number of nitrogens with one attached hydrogen (secondary N) is 4. The van der Waals surface area contributed by atoms with Gasteiger partial charge in [-0.15, -0.1) is 0 Å². The Morgan fingerprint density at radius 3 is 2.23 bits per heavy atom. The number of amides is 3. The first-order valence-electron chi connectivity index (χ1n) is 18.5. The zero-order valence-corrected chi connectivity index (χ0v) is 32.6. The number of hydrogen-bond acceptors (Lipinski definition) is 12. The molecule has 0 aliphatic carbocycles. The fraction of sp³-hybridized carbons (Fsp3) is 0.390. The Kier molecular flexibility index (Phi) is 18.0. The number of ether oxygens (including phenoxy) is 5. The third kappa shape index (κ3) is 13.6. The monoisotopic (exact) mass is 773 g/mol. The van der Waals surface area contributed by atoms with Crippen molar-refractivity contribution in [2.45, 2.75) is 78.7 Å². The molecular formula is C41H51N5O10. The van der Waals surface area contributed by atoms with Crippen molar-refractivity contribution in [3.8, 4) is 16.9 Å². The number of rotatable bonds is 20. The molecule has 0 unspecified atom stereocenters. The fourth-order valence-corrected chi connectivity index (χ4v) is 5.22. The second kappa shape index (κ2) is 22.8. The summed E-state index contributed by atoms with van der Waals surface area (Å²) in [6.07, 6.45) is 5.66. The molecule has 1 heterocycles. The van der Waals surface area contributed by atoms with Gasteiger partial charge in [0.25, 0.3) is 11.8 Å². The van der Waals surface area contributed by atoms with Gasteiger partial charge in [0.1, 0.15) is 17.3 Å². The third-order valence-electron chi connectivity index (χ3n) is 8.10. The lowest BCUT2D eigenvalue weighted by atomic mass is 9.94. The largest absolute Gasteiger partial charge is 0.511 e. The van der Waals surface area contributed by atoms with Crippen LogP contribution in [0, 0.1) is 5.41 Å². The smallest absolute Gasteiger partial charge is 0.496 e. The van der Waals surface area contributed by atoms with Gasteiger partial charge in [0, 0.05) is 40.0 Å². The predicted molar refractivity (Wildman–Crippen MR) is 211 cm³/mol. The first kappa shape index (κ1) is 44.1. The molecule has 3 aromatic rings. The highest BCUT2D eigenvalue weighted by atomic mass is 16.8. The molecule has 15 heteroatoms. The molecule has 0 radical (unpaired) electrons. The number of benzene rings is 2. The summed E-state index contributed by atoms with van der Waals surface area (Å²) in [4.78, 5) is 69.0. The second-order valence-corrected chi connectivity index (χ2v) is 12.7. The SMILES string of the molecule is C=Cc1cc(C(=O)Nc2ccc(C(=N)NC(=O)OCCCCCC)cc2)c(-c2ccc(C(=O)NCCCCC)nc2C(=O)OCOC(=O)OC(C)C)cc1OC. The van der Waals surface area contributed by atoms with Crippen molar-refractivity contribution < 1.29 is 47.7 Å². The number of nitrogens with zero attached hydrogens (tertiary/aromatic N) is 1. The summed E-state index contributed by atoms with van der Waals surface area (Å²) in [6, 6.07) is 12.1. The summed E-state index contributed by atoms with van der Waals surface area (Å²) in [7, 11) is 1.43. The van der Waals surface area contributed by atoms with E-state index in [-0.39, 0.29) is 40.5 Å². The summed E-state index contributed by atoms with van der Waals surface area (Å²) in [5, 5.41) is 16.3. The molecule has 0 bridgehead atoms. The van der Waals surface area contributed by atoms with E-state index in [2.05, 4.69) is 34.4 Å². The quantitative estimate of drug-likeness (QED) is 0.0217. The van der Waals surface area contributed by atoms with Gasteiger partial charge < -0.3 is 34.3 Å². The van der Waals surface area contributed by atoms with Crippen molar-refractivity contribution in [1.29, 1.82) is 5.41 Å². The molecule has 0 atom stereocenters. The molecular weight excluding hydrogens is 722 g/mol. The second-order valence-electron chi connectivity index (χ2n) is 12.7. The number of aromatic nitrogens is 1. The Labute approximate surface area is 327 Å². The number of unbranched alkanes of at least 4 members (excludes halogenated alkanes) is 5. The Hall–Kier alpha value is -6.25. The lowest BCUT2D eigenvalue weighted by molar-refractivity contribution is -0.0347. The number of anilines is 1. The molecule has 0 aliphatic heterocycles. The fourth-order valence-electron chi connectivity index (χ4n) is 5.22. The minimum absolute atomic E-state index is 0.0743. The highest BCUT2D eigenvalue weighted by molar-refractivity contribution is 6.11. The summed E-state index contributed by atoms with van der Waals surface area (Å²) in [5.41, 5.74) is 1.13. The molecule has 4 N–H and O–H groups in total. The van der Waals surface area contributed by atoms with E-state index in [4.69, 9.17) is 29.1 Å². The molecule has 0 aliphatic rings. The van der Waals surface area contributed by atoms with Crippen molar-refractivity contribution in [2.75, 3.05) is 32.4 Å². The standard InChI is InChI=1S/C41H51N5O10/c1-7-10-12-14-22-53-40(50)46-36(42)28-15-17-29(18-16-28)44-37(47)32-23-27(9-3)34(52-6)24-31(32)30-19-20-33(38(48)43-21-13-11-8-2)45-35(30)39(49)54-25-55-41(51)56-26(4)5/h9,15-20,23-24,26H,3,7-8,10-14,21-22,25H2,1-2,4-6H3,(H,43,48)(H,44,47)(H2,42,46,50). The van der Waals surface area contributed by atoms with Crippen LogP contribution >= 0.6 is 0 Å². The molecule has 0 saturated carbocycles. The Balaban J connectivity index is 1.94. The molecule has 0 fully saturated rings. The first-order chi connectivity index (χ1) is 26.9. The number of carbonyl (C=O) groups is 5. The Morgan fingerprint density at radius 1 is 0.857 bits per heavy atom. The van der Waals surface area contributed by atoms with Crippen LogP contribution in [0.2, 0.25) is 0 Å². The van der Waals surface area contributed by atoms with Gasteiger partial charge in [-0.3, -0.25) is 20.3 Å². The molecule has 3 rings (SSSR count). The highest BCUT2D eigenvalue weighted by Gasteiger charge is 2.25. The first-order valence-corrected chi connectivity index (χ1v) is 18.5. The van der Waals surface area contributed by atoms with Gasteiger partial charge in [0.2, 0.25) is 6.79 Å². The summed E-state index contributed by atoms with van der Waals surface area (Å²) >= 11 is 0. The van der Waals surface area contributed by atoms with Crippen molar-refractivity contribution in [2.24, 2.45) is 0 Å². The number of esters is 1. The van der Waals surface area contributed by atoms with E-state index in [0.717, 1.165) is 44.9 Å². The van der Waals surface area contributed by atoms with Crippen molar-refractivity contribution in [3.05, 3.63) is 83.2 Å². The topological polar surface area (TPSA) is 204 Å². The van der Waals surface area contributed by atoms with Crippen LogP contribution in [0.5, 0.6) is 5.75 Å².